The second kappa shape index (κ2) is 7.03. The average molecular weight is 352 g/mol. The van der Waals surface area contributed by atoms with Crippen molar-refractivity contribution in [2.75, 3.05) is 19.6 Å². The van der Waals surface area contributed by atoms with E-state index in [4.69, 9.17) is 4.74 Å². The Labute approximate surface area is 153 Å². The van der Waals surface area contributed by atoms with E-state index in [2.05, 4.69) is 27.1 Å². The topological polar surface area (TPSA) is 67.4 Å². The SMILES string of the molecule is CCN1CCC2(CC1)C[C@H](NC(=O)c1cnccn1)c1ccccc1O2. The van der Waals surface area contributed by atoms with Crippen LogP contribution in [0.15, 0.2) is 42.9 Å². The molecule has 0 unspecified atom stereocenters. The second-order valence-electron chi connectivity index (χ2n) is 7.08. The van der Waals surface area contributed by atoms with Gasteiger partial charge in [-0.3, -0.25) is 9.78 Å². The number of nitrogens with zero attached hydrogens (tertiary/aromatic N) is 3. The van der Waals surface area contributed by atoms with Crippen molar-refractivity contribution < 1.29 is 9.53 Å². The molecule has 0 aliphatic carbocycles. The minimum Gasteiger partial charge on any atom is -0.487 e. The number of carbonyl (C=O) groups excluding carboxylic acids is 1. The zero-order chi connectivity index (χ0) is 18.0. The van der Waals surface area contributed by atoms with Gasteiger partial charge in [0.1, 0.15) is 17.0 Å². The number of para-hydroxylation sites is 1. The molecule has 1 aromatic heterocycles. The highest BCUT2D eigenvalue weighted by molar-refractivity contribution is 5.92. The Morgan fingerprint density at radius 1 is 1.31 bits per heavy atom. The van der Waals surface area contributed by atoms with Crippen LogP contribution in [0.4, 0.5) is 0 Å². The quantitative estimate of drug-likeness (QED) is 0.920. The standard InChI is InChI=1S/C20H24N4O2/c1-2-24-11-7-20(8-12-24)13-16(15-5-3-4-6-18(15)26-20)23-19(25)17-14-21-9-10-22-17/h3-6,9-10,14,16H,2,7-8,11-13H2,1H3,(H,23,25)/t16-/m0/s1. The van der Waals surface area contributed by atoms with E-state index in [0.717, 1.165) is 50.2 Å². The summed E-state index contributed by atoms with van der Waals surface area (Å²) in [5.41, 5.74) is 1.17. The van der Waals surface area contributed by atoms with Crippen LogP contribution in [-0.4, -0.2) is 46.0 Å². The van der Waals surface area contributed by atoms with Gasteiger partial charge in [-0.15, -0.1) is 0 Å². The number of piperidine rings is 1. The maximum atomic E-state index is 12.6. The molecule has 2 aromatic rings. The van der Waals surface area contributed by atoms with Crippen molar-refractivity contribution in [3.05, 3.63) is 54.1 Å². The summed E-state index contributed by atoms with van der Waals surface area (Å²) in [5, 5.41) is 3.15. The molecule has 1 amide bonds. The molecule has 0 radical (unpaired) electrons. The van der Waals surface area contributed by atoms with Gasteiger partial charge in [0.2, 0.25) is 0 Å². The molecule has 136 valence electrons. The molecule has 4 rings (SSSR count). The number of carbonyl (C=O) groups is 1. The number of hydrogen-bond acceptors (Lipinski definition) is 5. The predicted molar refractivity (Wildman–Crippen MR) is 98.0 cm³/mol. The van der Waals surface area contributed by atoms with Crippen molar-refractivity contribution in [2.24, 2.45) is 0 Å². The monoisotopic (exact) mass is 352 g/mol. The number of fused-ring (bicyclic) bond motifs is 1. The molecule has 26 heavy (non-hydrogen) atoms. The Hall–Kier alpha value is -2.47. The van der Waals surface area contributed by atoms with Crippen LogP contribution in [0, 0.1) is 0 Å². The molecule has 1 N–H and O–H groups in total. The lowest BCUT2D eigenvalue weighted by Crippen LogP contribution is -2.52. The van der Waals surface area contributed by atoms with Gasteiger partial charge in [0.15, 0.2) is 0 Å². The highest BCUT2D eigenvalue weighted by Crippen LogP contribution is 2.44. The van der Waals surface area contributed by atoms with E-state index in [0.29, 0.717) is 5.69 Å². The summed E-state index contributed by atoms with van der Waals surface area (Å²) in [6, 6.07) is 7.93. The lowest BCUT2D eigenvalue weighted by Gasteiger charge is -2.46. The van der Waals surface area contributed by atoms with Crippen molar-refractivity contribution in [3.63, 3.8) is 0 Å². The first kappa shape index (κ1) is 17.0. The van der Waals surface area contributed by atoms with E-state index < -0.39 is 0 Å². The van der Waals surface area contributed by atoms with E-state index in [1.54, 1.807) is 6.20 Å². The fourth-order valence-electron chi connectivity index (χ4n) is 3.98. The van der Waals surface area contributed by atoms with Gasteiger partial charge in [-0.25, -0.2) is 4.98 Å². The van der Waals surface area contributed by atoms with Crippen LogP contribution < -0.4 is 10.1 Å². The number of hydrogen-bond donors (Lipinski definition) is 1. The fraction of sp³-hybridized carbons (Fsp3) is 0.450. The van der Waals surface area contributed by atoms with Crippen LogP contribution in [0.2, 0.25) is 0 Å². The normalized spacial score (nSPS) is 21.7. The Kier molecular flexibility index (Phi) is 4.59. The van der Waals surface area contributed by atoms with Crippen LogP contribution in [0.25, 0.3) is 0 Å². The number of nitrogens with one attached hydrogen (secondary N) is 1. The minimum absolute atomic E-state index is 0.0809. The molecule has 1 aromatic carbocycles. The molecule has 1 spiro atoms. The first-order valence-electron chi connectivity index (χ1n) is 9.26. The number of rotatable bonds is 3. The van der Waals surface area contributed by atoms with Crippen molar-refractivity contribution >= 4 is 5.91 Å². The fourth-order valence-corrected chi connectivity index (χ4v) is 3.98. The van der Waals surface area contributed by atoms with Crippen molar-refractivity contribution in [3.8, 4) is 5.75 Å². The lowest BCUT2D eigenvalue weighted by atomic mass is 9.80. The van der Waals surface area contributed by atoms with Crippen LogP contribution >= 0.6 is 0 Å². The van der Waals surface area contributed by atoms with Crippen molar-refractivity contribution in [1.82, 2.24) is 20.2 Å². The van der Waals surface area contributed by atoms with E-state index in [1.165, 1.54) is 12.4 Å². The number of aromatic nitrogens is 2. The van der Waals surface area contributed by atoms with Gasteiger partial charge in [0.25, 0.3) is 5.91 Å². The predicted octanol–water partition coefficient (Wildman–Crippen LogP) is 2.58. The molecule has 0 bridgehead atoms. The molecular formula is C20H24N4O2. The third-order valence-corrected chi connectivity index (χ3v) is 5.51. The Balaban J connectivity index is 1.58. The zero-order valence-corrected chi connectivity index (χ0v) is 15.0. The Morgan fingerprint density at radius 2 is 2.12 bits per heavy atom. The molecule has 1 atom stereocenters. The lowest BCUT2D eigenvalue weighted by molar-refractivity contribution is -0.0235. The zero-order valence-electron chi connectivity index (χ0n) is 15.0. The van der Waals surface area contributed by atoms with Crippen LogP contribution in [-0.2, 0) is 0 Å². The van der Waals surface area contributed by atoms with Crippen LogP contribution in [0.1, 0.15) is 48.3 Å². The van der Waals surface area contributed by atoms with Crippen molar-refractivity contribution in [2.45, 2.75) is 37.8 Å². The van der Waals surface area contributed by atoms with E-state index >= 15 is 0 Å². The smallest absolute Gasteiger partial charge is 0.271 e. The molecule has 6 nitrogen and oxygen atoms in total. The first-order chi connectivity index (χ1) is 12.7. The highest BCUT2D eigenvalue weighted by Gasteiger charge is 2.43. The van der Waals surface area contributed by atoms with Gasteiger partial charge in [0.05, 0.1) is 12.2 Å². The summed E-state index contributed by atoms with van der Waals surface area (Å²) in [7, 11) is 0. The van der Waals surface area contributed by atoms with Gasteiger partial charge >= 0.3 is 0 Å². The number of likely N-dealkylation sites (tertiary alicyclic amines) is 1. The molecule has 2 aliphatic rings. The molecule has 2 aliphatic heterocycles. The Bertz CT molecular complexity index is 772. The summed E-state index contributed by atoms with van der Waals surface area (Å²) in [6.45, 7) is 5.32. The van der Waals surface area contributed by atoms with E-state index in [9.17, 15) is 4.79 Å². The molecule has 3 heterocycles. The molecular weight excluding hydrogens is 328 g/mol. The number of amides is 1. The average Bonchev–Trinajstić information content (AvgIpc) is 2.69. The maximum Gasteiger partial charge on any atom is 0.271 e. The first-order valence-corrected chi connectivity index (χ1v) is 9.26. The van der Waals surface area contributed by atoms with E-state index in [1.807, 2.05) is 24.3 Å². The highest BCUT2D eigenvalue weighted by atomic mass is 16.5. The summed E-state index contributed by atoms with van der Waals surface area (Å²) >= 11 is 0. The summed E-state index contributed by atoms with van der Waals surface area (Å²) in [6.07, 6.45) is 7.34. The largest absolute Gasteiger partial charge is 0.487 e. The molecule has 6 heteroatoms. The van der Waals surface area contributed by atoms with E-state index in [-0.39, 0.29) is 17.6 Å². The Morgan fingerprint density at radius 3 is 2.85 bits per heavy atom. The molecule has 1 saturated heterocycles. The van der Waals surface area contributed by atoms with Gasteiger partial charge in [-0.2, -0.15) is 0 Å². The van der Waals surface area contributed by atoms with Crippen LogP contribution in [0.3, 0.4) is 0 Å². The van der Waals surface area contributed by atoms with Gasteiger partial charge in [-0.1, -0.05) is 25.1 Å². The van der Waals surface area contributed by atoms with Gasteiger partial charge < -0.3 is 15.0 Å². The number of ether oxygens (including phenoxy) is 1. The summed E-state index contributed by atoms with van der Waals surface area (Å²) < 4.78 is 6.46. The van der Waals surface area contributed by atoms with Crippen LogP contribution in [0.5, 0.6) is 5.75 Å². The third-order valence-electron chi connectivity index (χ3n) is 5.51. The third kappa shape index (κ3) is 3.29. The molecule has 0 saturated carbocycles. The summed E-state index contributed by atoms with van der Waals surface area (Å²) in [4.78, 5) is 23.2. The maximum absolute atomic E-state index is 12.6. The molecule has 1 fully saturated rings. The van der Waals surface area contributed by atoms with Gasteiger partial charge in [-0.05, 0) is 25.5 Å². The van der Waals surface area contributed by atoms with Gasteiger partial charge in [0, 0.05) is 37.5 Å². The number of benzene rings is 1. The van der Waals surface area contributed by atoms with Crippen molar-refractivity contribution in [1.29, 1.82) is 0 Å². The minimum atomic E-state index is -0.208. The second-order valence-corrected chi connectivity index (χ2v) is 7.08. The summed E-state index contributed by atoms with van der Waals surface area (Å²) in [5.74, 6) is 0.689.